The van der Waals surface area contributed by atoms with E-state index < -0.39 is 11.9 Å². The maximum absolute atomic E-state index is 13.0. The fraction of sp³-hybridized carbons (Fsp3) is 0.921. The van der Waals surface area contributed by atoms with Crippen LogP contribution in [0.3, 0.4) is 0 Å². The van der Waals surface area contributed by atoms with E-state index >= 15 is 0 Å². The van der Waals surface area contributed by atoms with Gasteiger partial charge in [0.25, 0.3) is 0 Å². The molecule has 0 saturated heterocycles. The minimum atomic E-state index is -0.673. The number of carboxylic acids is 2. The molecule has 0 atom stereocenters. The van der Waals surface area contributed by atoms with Crippen molar-refractivity contribution in [2.24, 2.45) is 0 Å². The second-order valence-electron chi connectivity index (χ2n) is 13.8. The summed E-state index contributed by atoms with van der Waals surface area (Å²) in [4.78, 5) is 38.4. The van der Waals surface area contributed by atoms with Crippen LogP contribution in [0.5, 0.6) is 0 Å². The summed E-state index contributed by atoms with van der Waals surface area (Å²) in [6.07, 6.45) is 33.8. The van der Waals surface area contributed by atoms with Crippen molar-refractivity contribution in [2.75, 3.05) is 33.7 Å². The van der Waals surface area contributed by atoms with Crippen molar-refractivity contribution in [1.29, 1.82) is 0 Å². The van der Waals surface area contributed by atoms with Crippen molar-refractivity contribution in [1.82, 2.24) is 9.80 Å². The standard InChI is InChI=1S/C38H74N2O5/c1-39(2)33-29-30-36(41)40(34-27-23-19-15-11-7-3-5-9-13-17-21-25-31-37(42)43)35-28-24-20-16-12-8-4-6-10-14-18-22-26-32-38(44)45/h3-35H2,1-2H3,(H,42,43)(H,44,45). The average molecular weight is 639 g/mol. The summed E-state index contributed by atoms with van der Waals surface area (Å²) in [7, 11) is 4.15. The number of nitrogens with zero attached hydrogens (tertiary/aromatic N) is 2. The molecule has 45 heavy (non-hydrogen) atoms. The first-order valence-corrected chi connectivity index (χ1v) is 19.2. The van der Waals surface area contributed by atoms with Gasteiger partial charge in [0.1, 0.15) is 0 Å². The molecule has 0 spiro atoms. The molecule has 0 aliphatic heterocycles. The van der Waals surface area contributed by atoms with Crippen LogP contribution in [0.1, 0.15) is 193 Å². The van der Waals surface area contributed by atoms with Crippen LogP contribution in [0.2, 0.25) is 0 Å². The highest BCUT2D eigenvalue weighted by Crippen LogP contribution is 2.15. The van der Waals surface area contributed by atoms with Gasteiger partial charge in [0.15, 0.2) is 0 Å². The zero-order valence-electron chi connectivity index (χ0n) is 29.8. The average Bonchev–Trinajstić information content (AvgIpc) is 2.99. The number of aliphatic carboxylic acids is 2. The molecule has 0 fully saturated rings. The third kappa shape index (κ3) is 35.1. The summed E-state index contributed by atoms with van der Waals surface area (Å²) >= 11 is 0. The first-order chi connectivity index (χ1) is 21.8. The molecule has 1 amide bonds. The van der Waals surface area contributed by atoms with Gasteiger partial charge in [-0.3, -0.25) is 14.4 Å². The summed E-state index contributed by atoms with van der Waals surface area (Å²) in [5.41, 5.74) is 0. The van der Waals surface area contributed by atoms with Crippen molar-refractivity contribution in [2.45, 2.75) is 193 Å². The molecule has 0 unspecified atom stereocenters. The molecule has 0 saturated carbocycles. The lowest BCUT2D eigenvalue weighted by atomic mass is 10.0. The van der Waals surface area contributed by atoms with E-state index in [0.29, 0.717) is 25.2 Å². The van der Waals surface area contributed by atoms with Gasteiger partial charge < -0.3 is 20.0 Å². The number of carbonyl (C=O) groups excluding carboxylic acids is 1. The normalized spacial score (nSPS) is 11.4. The highest BCUT2D eigenvalue weighted by atomic mass is 16.4. The molecular formula is C38H74N2O5. The summed E-state index contributed by atoms with van der Waals surface area (Å²) in [6.45, 7) is 2.82. The molecule has 266 valence electrons. The second kappa shape index (κ2) is 33.7. The van der Waals surface area contributed by atoms with Gasteiger partial charge in [-0.15, -0.1) is 0 Å². The van der Waals surface area contributed by atoms with Crippen LogP contribution in [0.15, 0.2) is 0 Å². The molecule has 7 heteroatoms. The lowest BCUT2D eigenvalue weighted by Crippen LogP contribution is -2.33. The number of hydrogen-bond donors (Lipinski definition) is 2. The molecule has 0 aliphatic rings. The molecule has 7 nitrogen and oxygen atoms in total. The monoisotopic (exact) mass is 639 g/mol. The Morgan fingerprint density at radius 3 is 0.889 bits per heavy atom. The van der Waals surface area contributed by atoms with Crippen LogP contribution in [0.25, 0.3) is 0 Å². The Bertz CT molecular complexity index is 641. The van der Waals surface area contributed by atoms with E-state index in [1.54, 1.807) is 0 Å². The minimum Gasteiger partial charge on any atom is -0.481 e. The van der Waals surface area contributed by atoms with Crippen molar-refractivity contribution in [3.05, 3.63) is 0 Å². The number of carboxylic acid groups (broad SMARTS) is 2. The minimum absolute atomic E-state index is 0.315. The van der Waals surface area contributed by atoms with Gasteiger partial charge in [-0.05, 0) is 52.7 Å². The Labute approximate surface area is 278 Å². The Balaban J connectivity index is 3.84. The van der Waals surface area contributed by atoms with Crippen LogP contribution < -0.4 is 0 Å². The molecule has 0 heterocycles. The fourth-order valence-corrected chi connectivity index (χ4v) is 6.11. The van der Waals surface area contributed by atoms with Crippen LogP contribution >= 0.6 is 0 Å². The van der Waals surface area contributed by atoms with Crippen molar-refractivity contribution in [3.63, 3.8) is 0 Å². The molecule has 0 aromatic heterocycles. The number of hydrogen-bond acceptors (Lipinski definition) is 4. The van der Waals surface area contributed by atoms with E-state index in [1.165, 1.54) is 128 Å². The molecule has 0 aromatic carbocycles. The summed E-state index contributed by atoms with van der Waals surface area (Å²) in [5.74, 6) is -0.999. The van der Waals surface area contributed by atoms with Crippen molar-refractivity contribution < 1.29 is 24.6 Å². The quantitative estimate of drug-likeness (QED) is 0.0663. The maximum Gasteiger partial charge on any atom is 0.303 e. The third-order valence-electron chi connectivity index (χ3n) is 8.99. The lowest BCUT2D eigenvalue weighted by Gasteiger charge is -2.23. The largest absolute Gasteiger partial charge is 0.481 e. The lowest BCUT2D eigenvalue weighted by molar-refractivity contribution is -0.138. The van der Waals surface area contributed by atoms with Crippen LogP contribution in [0, 0.1) is 0 Å². The van der Waals surface area contributed by atoms with E-state index in [9.17, 15) is 14.4 Å². The zero-order valence-corrected chi connectivity index (χ0v) is 29.8. The molecule has 0 radical (unpaired) electrons. The second-order valence-corrected chi connectivity index (χ2v) is 13.8. The third-order valence-corrected chi connectivity index (χ3v) is 8.99. The number of carbonyl (C=O) groups is 3. The summed E-state index contributed by atoms with van der Waals surface area (Å²) in [6, 6.07) is 0. The van der Waals surface area contributed by atoms with E-state index in [0.717, 1.165) is 64.6 Å². The zero-order chi connectivity index (χ0) is 33.2. The molecule has 2 N–H and O–H groups in total. The fourth-order valence-electron chi connectivity index (χ4n) is 6.11. The highest BCUT2D eigenvalue weighted by molar-refractivity contribution is 5.76. The molecule has 0 aliphatic carbocycles. The first kappa shape index (κ1) is 43.4. The van der Waals surface area contributed by atoms with Gasteiger partial charge in [0.05, 0.1) is 0 Å². The maximum atomic E-state index is 13.0. The van der Waals surface area contributed by atoms with E-state index in [2.05, 4.69) is 23.9 Å². The highest BCUT2D eigenvalue weighted by Gasteiger charge is 2.13. The van der Waals surface area contributed by atoms with E-state index in [-0.39, 0.29) is 0 Å². The van der Waals surface area contributed by atoms with Gasteiger partial charge >= 0.3 is 11.9 Å². The topological polar surface area (TPSA) is 98.2 Å². The van der Waals surface area contributed by atoms with Gasteiger partial charge in [-0.25, -0.2) is 0 Å². The summed E-state index contributed by atoms with van der Waals surface area (Å²) in [5, 5.41) is 17.4. The van der Waals surface area contributed by atoms with Crippen LogP contribution in [0.4, 0.5) is 0 Å². The predicted molar refractivity (Wildman–Crippen MR) is 189 cm³/mol. The van der Waals surface area contributed by atoms with Crippen molar-refractivity contribution in [3.8, 4) is 0 Å². The van der Waals surface area contributed by atoms with Crippen LogP contribution in [-0.2, 0) is 14.4 Å². The Hall–Kier alpha value is -1.63. The predicted octanol–water partition coefficient (Wildman–Crippen LogP) is 10.2. The first-order valence-electron chi connectivity index (χ1n) is 19.2. The number of unbranched alkanes of at least 4 members (excludes halogenated alkanes) is 24. The Kier molecular flexibility index (Phi) is 32.5. The Morgan fingerprint density at radius 1 is 0.356 bits per heavy atom. The van der Waals surface area contributed by atoms with Gasteiger partial charge in [0.2, 0.25) is 5.91 Å². The Morgan fingerprint density at radius 2 is 0.622 bits per heavy atom. The number of amides is 1. The SMILES string of the molecule is CN(C)CCCC(=O)N(CCCCCCCCCCCCCCCC(=O)O)CCCCCCCCCCCCCCCC(=O)O. The number of rotatable bonds is 36. The van der Waals surface area contributed by atoms with E-state index in [1.807, 2.05) is 0 Å². The molecule has 0 bridgehead atoms. The molecule has 0 aromatic rings. The van der Waals surface area contributed by atoms with Gasteiger partial charge in [-0.2, -0.15) is 0 Å². The summed E-state index contributed by atoms with van der Waals surface area (Å²) < 4.78 is 0. The van der Waals surface area contributed by atoms with E-state index in [4.69, 9.17) is 10.2 Å². The molecule has 0 rings (SSSR count). The van der Waals surface area contributed by atoms with Gasteiger partial charge in [0, 0.05) is 32.4 Å². The smallest absolute Gasteiger partial charge is 0.303 e. The molecular weight excluding hydrogens is 564 g/mol. The van der Waals surface area contributed by atoms with Gasteiger partial charge in [-0.1, -0.05) is 141 Å². The van der Waals surface area contributed by atoms with Crippen LogP contribution in [-0.4, -0.2) is 71.6 Å². The van der Waals surface area contributed by atoms with Crippen molar-refractivity contribution >= 4 is 17.8 Å².